The van der Waals surface area contributed by atoms with Gasteiger partial charge in [-0.25, -0.2) is 9.80 Å². The van der Waals surface area contributed by atoms with E-state index >= 15 is 0 Å². The van der Waals surface area contributed by atoms with Crippen molar-refractivity contribution in [3.05, 3.63) is 17.5 Å². The number of carbonyl (C=O) groups excluding carboxylic acids is 1. The molecule has 0 radical (unpaired) electrons. The maximum atomic E-state index is 11.5. The van der Waals surface area contributed by atoms with Gasteiger partial charge in [-0.3, -0.25) is 4.79 Å². The maximum Gasteiger partial charge on any atom is 0.352 e. The molecule has 90 valence electrons. The molecule has 2 heterocycles. The van der Waals surface area contributed by atoms with Crippen molar-refractivity contribution >= 4 is 17.6 Å². The second-order valence-corrected chi connectivity index (χ2v) is 3.73. The molecule has 1 aliphatic heterocycles. The maximum absolute atomic E-state index is 11.5. The van der Waals surface area contributed by atoms with Gasteiger partial charge < -0.3 is 9.63 Å². The Morgan fingerprint density at radius 2 is 2.35 bits per heavy atom. The third-order valence-corrected chi connectivity index (χ3v) is 2.34. The predicted octanol–water partition coefficient (Wildman–Crippen LogP) is 0.546. The van der Waals surface area contributed by atoms with Gasteiger partial charge in [0.2, 0.25) is 5.91 Å². The number of hydrazone groups is 1. The summed E-state index contributed by atoms with van der Waals surface area (Å²) in [6.07, 6.45) is 0.324. The molecule has 0 spiro atoms. The first-order valence-electron chi connectivity index (χ1n) is 5.09. The molecule has 1 aliphatic rings. The Hall–Kier alpha value is -2.18. The van der Waals surface area contributed by atoms with Crippen molar-refractivity contribution in [2.24, 2.45) is 5.10 Å². The molecular weight excluding hydrogens is 226 g/mol. The molecule has 0 unspecified atom stereocenters. The summed E-state index contributed by atoms with van der Waals surface area (Å²) in [6, 6.07) is 1.68. The average molecular weight is 237 g/mol. The average Bonchev–Trinajstić information content (AvgIpc) is 2.67. The second-order valence-electron chi connectivity index (χ2n) is 3.73. The monoisotopic (exact) mass is 237 g/mol. The summed E-state index contributed by atoms with van der Waals surface area (Å²) in [5, 5.41) is 17.4. The molecule has 2 rings (SSSR count). The van der Waals surface area contributed by atoms with Crippen LogP contribution in [0.5, 0.6) is 0 Å². The molecular formula is C10H11N3O4. The first kappa shape index (κ1) is 11.3. The molecule has 0 saturated carbocycles. The Morgan fingerprint density at radius 3 is 2.94 bits per heavy atom. The van der Waals surface area contributed by atoms with Crippen LogP contribution in [-0.2, 0) is 16.1 Å². The lowest BCUT2D eigenvalue weighted by Gasteiger charge is -2.20. The van der Waals surface area contributed by atoms with E-state index < -0.39 is 5.97 Å². The van der Waals surface area contributed by atoms with Gasteiger partial charge in [0.15, 0.2) is 0 Å². The van der Waals surface area contributed by atoms with Gasteiger partial charge in [0.1, 0.15) is 17.2 Å². The Labute approximate surface area is 96.7 Å². The fourth-order valence-corrected chi connectivity index (χ4v) is 1.53. The third-order valence-electron chi connectivity index (χ3n) is 2.34. The largest absolute Gasteiger partial charge is 0.477 e. The zero-order valence-electron chi connectivity index (χ0n) is 9.21. The van der Waals surface area contributed by atoms with Crippen LogP contribution in [0.2, 0.25) is 0 Å². The number of carboxylic acid groups (broad SMARTS) is 1. The number of rotatable bonds is 3. The molecule has 1 N–H and O–H groups in total. The van der Waals surface area contributed by atoms with Crippen LogP contribution in [0.3, 0.4) is 0 Å². The summed E-state index contributed by atoms with van der Waals surface area (Å²) < 4.78 is 4.86. The highest BCUT2D eigenvalue weighted by Gasteiger charge is 2.24. The van der Waals surface area contributed by atoms with Crippen molar-refractivity contribution in [2.75, 3.05) is 0 Å². The smallest absolute Gasteiger partial charge is 0.352 e. The van der Waals surface area contributed by atoms with Crippen LogP contribution >= 0.6 is 0 Å². The molecule has 1 amide bonds. The Morgan fingerprint density at radius 1 is 1.59 bits per heavy atom. The summed E-state index contributed by atoms with van der Waals surface area (Å²) in [6.45, 7) is 1.87. The van der Waals surface area contributed by atoms with Crippen molar-refractivity contribution in [1.29, 1.82) is 0 Å². The standard InChI is InChI=1S/C10H11N3O4/c1-6-4-7(12-17-6)5-13-9(14)3-2-8(11-13)10(15)16/h4H,2-3,5H2,1H3,(H,15,16). The number of aryl methyl sites for hydroxylation is 1. The van der Waals surface area contributed by atoms with Crippen molar-refractivity contribution in [2.45, 2.75) is 26.3 Å². The first-order valence-corrected chi connectivity index (χ1v) is 5.09. The van der Waals surface area contributed by atoms with Crippen LogP contribution < -0.4 is 0 Å². The SMILES string of the molecule is Cc1cc(CN2N=C(C(=O)O)CCC2=O)no1. The molecule has 0 aliphatic carbocycles. The van der Waals surface area contributed by atoms with Crippen molar-refractivity contribution in [3.8, 4) is 0 Å². The first-order chi connectivity index (χ1) is 8.06. The van der Waals surface area contributed by atoms with Gasteiger partial charge in [-0.15, -0.1) is 0 Å². The summed E-state index contributed by atoms with van der Waals surface area (Å²) >= 11 is 0. The van der Waals surface area contributed by atoms with E-state index in [0.29, 0.717) is 11.5 Å². The van der Waals surface area contributed by atoms with Crippen LogP contribution in [0.15, 0.2) is 15.7 Å². The topological polar surface area (TPSA) is 96.0 Å². The molecule has 1 aromatic rings. The number of hydrogen-bond acceptors (Lipinski definition) is 5. The van der Waals surface area contributed by atoms with E-state index in [-0.39, 0.29) is 31.0 Å². The third kappa shape index (κ3) is 2.49. The molecule has 7 heteroatoms. The number of carboxylic acids is 1. The molecule has 7 nitrogen and oxygen atoms in total. The number of aromatic nitrogens is 1. The molecule has 0 aromatic carbocycles. The molecule has 1 aromatic heterocycles. The molecule has 0 saturated heterocycles. The minimum absolute atomic E-state index is 0.00943. The Bertz CT molecular complexity index is 491. The highest BCUT2D eigenvalue weighted by Crippen LogP contribution is 2.13. The van der Waals surface area contributed by atoms with Crippen LogP contribution in [0.4, 0.5) is 0 Å². The van der Waals surface area contributed by atoms with Crippen molar-refractivity contribution < 1.29 is 19.2 Å². The zero-order valence-corrected chi connectivity index (χ0v) is 9.21. The van der Waals surface area contributed by atoms with Gasteiger partial charge in [-0.1, -0.05) is 5.16 Å². The fourth-order valence-electron chi connectivity index (χ4n) is 1.53. The number of aliphatic carboxylic acids is 1. The number of carbonyl (C=O) groups is 2. The van der Waals surface area contributed by atoms with E-state index in [1.165, 1.54) is 0 Å². The summed E-state index contributed by atoms with van der Waals surface area (Å²) in [7, 11) is 0. The summed E-state index contributed by atoms with van der Waals surface area (Å²) in [5.41, 5.74) is 0.538. The number of nitrogens with zero attached hydrogens (tertiary/aromatic N) is 3. The lowest BCUT2D eigenvalue weighted by Crippen LogP contribution is -2.33. The normalized spacial score (nSPS) is 15.9. The van der Waals surface area contributed by atoms with Crippen molar-refractivity contribution in [3.63, 3.8) is 0 Å². The quantitative estimate of drug-likeness (QED) is 0.827. The number of amides is 1. The van der Waals surface area contributed by atoms with E-state index in [4.69, 9.17) is 9.63 Å². The zero-order chi connectivity index (χ0) is 12.4. The lowest BCUT2D eigenvalue weighted by molar-refractivity contribution is -0.133. The van der Waals surface area contributed by atoms with Gasteiger partial charge in [0.05, 0.1) is 6.54 Å². The van der Waals surface area contributed by atoms with E-state index in [1.807, 2.05) is 0 Å². The minimum Gasteiger partial charge on any atom is -0.477 e. The Balaban J connectivity index is 2.15. The second kappa shape index (κ2) is 4.36. The van der Waals surface area contributed by atoms with Gasteiger partial charge in [0, 0.05) is 18.9 Å². The van der Waals surface area contributed by atoms with Crippen LogP contribution in [0.1, 0.15) is 24.3 Å². The highest BCUT2D eigenvalue weighted by atomic mass is 16.5. The fraction of sp³-hybridized carbons (Fsp3) is 0.400. The summed E-state index contributed by atoms with van der Waals surface area (Å²) in [5.74, 6) is -0.679. The lowest BCUT2D eigenvalue weighted by atomic mass is 10.1. The Kier molecular flexibility index (Phi) is 2.90. The van der Waals surface area contributed by atoms with Crippen molar-refractivity contribution in [1.82, 2.24) is 10.2 Å². The van der Waals surface area contributed by atoms with Gasteiger partial charge in [-0.2, -0.15) is 5.10 Å². The highest BCUT2D eigenvalue weighted by molar-refractivity contribution is 6.36. The van der Waals surface area contributed by atoms with Crippen LogP contribution in [-0.4, -0.2) is 32.9 Å². The number of hydrogen-bond donors (Lipinski definition) is 1. The van der Waals surface area contributed by atoms with E-state index in [2.05, 4.69) is 10.3 Å². The van der Waals surface area contributed by atoms with E-state index in [9.17, 15) is 9.59 Å². The van der Waals surface area contributed by atoms with Crippen LogP contribution in [0, 0.1) is 6.92 Å². The van der Waals surface area contributed by atoms with E-state index in [1.54, 1.807) is 13.0 Å². The molecule has 0 bridgehead atoms. The van der Waals surface area contributed by atoms with Gasteiger partial charge >= 0.3 is 5.97 Å². The van der Waals surface area contributed by atoms with Gasteiger partial charge in [-0.05, 0) is 6.92 Å². The molecule has 0 atom stereocenters. The van der Waals surface area contributed by atoms with Crippen LogP contribution in [0.25, 0.3) is 0 Å². The summed E-state index contributed by atoms with van der Waals surface area (Å²) in [4.78, 5) is 22.3. The predicted molar refractivity (Wildman–Crippen MR) is 56.1 cm³/mol. The minimum atomic E-state index is -1.10. The van der Waals surface area contributed by atoms with Gasteiger partial charge in [0.25, 0.3) is 0 Å². The molecule has 17 heavy (non-hydrogen) atoms. The van der Waals surface area contributed by atoms with E-state index in [0.717, 1.165) is 5.01 Å². The molecule has 0 fully saturated rings.